The summed E-state index contributed by atoms with van der Waals surface area (Å²) in [4.78, 5) is 36.6. The third-order valence-electron chi connectivity index (χ3n) is 5.07. The van der Waals surface area contributed by atoms with Crippen LogP contribution < -0.4 is 10.5 Å². The van der Waals surface area contributed by atoms with E-state index in [0.717, 1.165) is 29.7 Å². The number of benzene rings is 1. The van der Waals surface area contributed by atoms with Crippen LogP contribution in [-0.4, -0.2) is 32.6 Å². The normalized spacial score (nSPS) is 15.2. The van der Waals surface area contributed by atoms with E-state index in [4.69, 9.17) is 11.5 Å². The molecule has 2 N–H and O–H groups in total. The lowest BCUT2D eigenvalue weighted by Gasteiger charge is -2.30. The Kier molecular flexibility index (Phi) is 4.32. The van der Waals surface area contributed by atoms with Crippen LogP contribution in [0.2, 0.25) is 0 Å². The van der Waals surface area contributed by atoms with Crippen LogP contribution in [0.1, 0.15) is 39.9 Å². The van der Waals surface area contributed by atoms with Crippen LogP contribution in [0, 0.1) is 19.3 Å². The predicted octanol–water partition coefficient (Wildman–Crippen LogP) is 2.45. The van der Waals surface area contributed by atoms with Crippen molar-refractivity contribution < 1.29 is 9.90 Å². The zero-order valence-corrected chi connectivity index (χ0v) is 15.3. The van der Waals surface area contributed by atoms with Gasteiger partial charge in [0.2, 0.25) is 0 Å². The number of H-pyrrole nitrogens is 1. The molecule has 4 rings (SSSR count). The lowest BCUT2D eigenvalue weighted by atomic mass is 10.0. The standard InChI is InChI=1S/C21H18N4O3/c1-3-8-25(14-5-6-17(21(27)28)22-11-14)19-7-4-13-9-18-16(10-15(13)19)20(26)24-12(2)23-18/h1,5-6,9-11,19H,4,7-8H2,2H3,(H,27,28)(H,23,24,26). The molecule has 0 aliphatic heterocycles. The number of rotatable bonds is 4. The molecule has 3 aromatic rings. The molecule has 0 bridgehead atoms. The molecule has 1 aliphatic rings. The van der Waals surface area contributed by atoms with Gasteiger partial charge >= 0.3 is 5.97 Å². The predicted molar refractivity (Wildman–Crippen MR) is 106 cm³/mol. The van der Waals surface area contributed by atoms with Crippen LogP contribution in [0.4, 0.5) is 5.69 Å². The minimum atomic E-state index is -1.07. The van der Waals surface area contributed by atoms with Gasteiger partial charge in [-0.1, -0.05) is 5.92 Å². The highest BCUT2D eigenvalue weighted by atomic mass is 16.4. The first kappa shape index (κ1) is 17.7. The number of aromatic nitrogens is 3. The average Bonchev–Trinajstić information content (AvgIpc) is 3.07. The third kappa shape index (κ3) is 2.99. The molecule has 7 heteroatoms. The fourth-order valence-corrected chi connectivity index (χ4v) is 3.82. The fourth-order valence-electron chi connectivity index (χ4n) is 3.82. The third-order valence-corrected chi connectivity index (χ3v) is 5.07. The Morgan fingerprint density at radius 3 is 2.93 bits per heavy atom. The van der Waals surface area contributed by atoms with Gasteiger partial charge in [-0.25, -0.2) is 14.8 Å². The van der Waals surface area contributed by atoms with Crippen molar-refractivity contribution in [3.63, 3.8) is 0 Å². The highest BCUT2D eigenvalue weighted by molar-refractivity contribution is 5.85. The van der Waals surface area contributed by atoms with Gasteiger partial charge in [-0.2, -0.15) is 0 Å². The maximum Gasteiger partial charge on any atom is 0.354 e. The summed E-state index contributed by atoms with van der Waals surface area (Å²) < 4.78 is 0. The minimum absolute atomic E-state index is 0.0183. The molecule has 0 saturated carbocycles. The fraction of sp³-hybridized carbons (Fsp3) is 0.238. The number of carbonyl (C=O) groups is 1. The molecule has 1 unspecified atom stereocenters. The van der Waals surface area contributed by atoms with E-state index in [-0.39, 0.29) is 17.3 Å². The molecule has 28 heavy (non-hydrogen) atoms. The number of carboxylic acid groups (broad SMARTS) is 1. The molecule has 0 fully saturated rings. The number of pyridine rings is 1. The number of nitrogens with zero attached hydrogens (tertiary/aromatic N) is 3. The molecule has 1 atom stereocenters. The molecule has 2 heterocycles. The van der Waals surface area contributed by atoms with E-state index in [1.54, 1.807) is 13.0 Å². The molecular weight excluding hydrogens is 356 g/mol. The van der Waals surface area contributed by atoms with Crippen molar-refractivity contribution in [2.45, 2.75) is 25.8 Å². The number of aryl methyl sites for hydroxylation is 2. The van der Waals surface area contributed by atoms with Gasteiger partial charge < -0.3 is 15.0 Å². The summed E-state index contributed by atoms with van der Waals surface area (Å²) in [5, 5.41) is 9.61. The summed E-state index contributed by atoms with van der Waals surface area (Å²) in [6.07, 6.45) is 8.81. The lowest BCUT2D eigenvalue weighted by molar-refractivity contribution is 0.0690. The number of aromatic amines is 1. The number of terminal acetylenes is 1. The van der Waals surface area contributed by atoms with Gasteiger partial charge in [-0.3, -0.25) is 4.79 Å². The first-order chi connectivity index (χ1) is 13.5. The van der Waals surface area contributed by atoms with Crippen LogP contribution in [0.5, 0.6) is 0 Å². The van der Waals surface area contributed by atoms with E-state index in [2.05, 4.69) is 20.9 Å². The molecule has 140 valence electrons. The number of anilines is 1. The lowest BCUT2D eigenvalue weighted by Crippen LogP contribution is -2.28. The number of aromatic carboxylic acids is 1. The van der Waals surface area contributed by atoms with Crippen molar-refractivity contribution >= 4 is 22.6 Å². The van der Waals surface area contributed by atoms with Gasteiger partial charge in [0.05, 0.1) is 35.4 Å². The summed E-state index contributed by atoms with van der Waals surface area (Å²) in [5.41, 5.74) is 3.45. The second kappa shape index (κ2) is 6.82. The molecule has 1 aromatic carbocycles. The summed E-state index contributed by atoms with van der Waals surface area (Å²) in [5.74, 6) is 2.18. The Labute approximate surface area is 161 Å². The van der Waals surface area contributed by atoms with Crippen molar-refractivity contribution in [2.24, 2.45) is 0 Å². The van der Waals surface area contributed by atoms with Crippen LogP contribution in [0.3, 0.4) is 0 Å². The summed E-state index contributed by atoms with van der Waals surface area (Å²) in [7, 11) is 0. The molecule has 1 aliphatic carbocycles. The van der Waals surface area contributed by atoms with Crippen LogP contribution in [0.25, 0.3) is 10.9 Å². The second-order valence-corrected chi connectivity index (χ2v) is 6.81. The number of hydrogen-bond acceptors (Lipinski definition) is 5. The number of nitrogens with one attached hydrogen (secondary N) is 1. The Morgan fingerprint density at radius 1 is 1.43 bits per heavy atom. The van der Waals surface area contributed by atoms with Gasteiger partial charge in [0.15, 0.2) is 0 Å². The Balaban J connectivity index is 1.78. The SMILES string of the molecule is C#CCN(c1ccc(C(=O)O)nc1)C1CCc2cc3nc(C)[nH]c(=O)c3cc21. The molecular formula is C21H18N4O3. The van der Waals surface area contributed by atoms with Gasteiger partial charge in [-0.15, -0.1) is 6.42 Å². The zero-order valence-electron chi connectivity index (χ0n) is 15.3. The molecule has 7 nitrogen and oxygen atoms in total. The maximum absolute atomic E-state index is 12.4. The number of carboxylic acids is 1. The van der Waals surface area contributed by atoms with Gasteiger partial charge in [-0.05, 0) is 55.2 Å². The van der Waals surface area contributed by atoms with Crippen LogP contribution in [0.15, 0.2) is 35.3 Å². The maximum atomic E-state index is 12.4. The Morgan fingerprint density at radius 2 is 2.25 bits per heavy atom. The second-order valence-electron chi connectivity index (χ2n) is 6.81. The summed E-state index contributed by atoms with van der Waals surface area (Å²) in [6, 6.07) is 7.04. The van der Waals surface area contributed by atoms with Gasteiger partial charge in [0.25, 0.3) is 5.56 Å². The highest BCUT2D eigenvalue weighted by Crippen LogP contribution is 2.39. The van der Waals surface area contributed by atoms with Crippen molar-refractivity contribution in [1.82, 2.24) is 15.0 Å². The Hall–Kier alpha value is -3.66. The smallest absolute Gasteiger partial charge is 0.354 e. The summed E-state index contributed by atoms with van der Waals surface area (Å²) >= 11 is 0. The van der Waals surface area contributed by atoms with E-state index in [1.807, 2.05) is 17.0 Å². The van der Waals surface area contributed by atoms with Crippen LogP contribution in [-0.2, 0) is 6.42 Å². The average molecular weight is 374 g/mol. The number of fused-ring (bicyclic) bond motifs is 2. The minimum Gasteiger partial charge on any atom is -0.477 e. The first-order valence-corrected chi connectivity index (χ1v) is 8.91. The van der Waals surface area contributed by atoms with Gasteiger partial charge in [0, 0.05) is 0 Å². The molecule has 0 spiro atoms. The summed E-state index contributed by atoms with van der Waals surface area (Å²) in [6.45, 7) is 2.11. The highest BCUT2D eigenvalue weighted by Gasteiger charge is 2.29. The monoisotopic (exact) mass is 374 g/mol. The van der Waals surface area contributed by atoms with E-state index in [0.29, 0.717) is 23.3 Å². The quantitative estimate of drug-likeness (QED) is 0.681. The van der Waals surface area contributed by atoms with E-state index < -0.39 is 5.97 Å². The Bertz CT molecular complexity index is 1180. The van der Waals surface area contributed by atoms with E-state index in [9.17, 15) is 9.59 Å². The van der Waals surface area contributed by atoms with E-state index in [1.165, 1.54) is 12.3 Å². The molecule has 2 aromatic heterocycles. The van der Waals surface area contributed by atoms with Crippen LogP contribution >= 0.6 is 0 Å². The largest absolute Gasteiger partial charge is 0.477 e. The van der Waals surface area contributed by atoms with Crippen molar-refractivity contribution in [1.29, 1.82) is 0 Å². The van der Waals surface area contributed by atoms with Crippen molar-refractivity contribution in [3.05, 3.63) is 63.5 Å². The van der Waals surface area contributed by atoms with Crippen molar-refractivity contribution in [2.75, 3.05) is 11.4 Å². The molecule has 0 saturated heterocycles. The number of hydrogen-bond donors (Lipinski definition) is 2. The van der Waals surface area contributed by atoms with Crippen molar-refractivity contribution in [3.8, 4) is 12.3 Å². The zero-order chi connectivity index (χ0) is 19.8. The topological polar surface area (TPSA) is 99.2 Å². The van der Waals surface area contributed by atoms with E-state index >= 15 is 0 Å². The molecule has 0 radical (unpaired) electrons. The molecule has 0 amide bonds. The first-order valence-electron chi connectivity index (χ1n) is 8.91. The van der Waals surface area contributed by atoms with Gasteiger partial charge in [0.1, 0.15) is 11.5 Å².